The SMILES string of the molecule is CC(C)N(CC(N)=S)S(=O)(=O)N(C)C. The van der Waals surface area contributed by atoms with E-state index in [0.29, 0.717) is 0 Å². The molecule has 0 aliphatic carbocycles. The van der Waals surface area contributed by atoms with Gasteiger partial charge in [-0.05, 0) is 13.8 Å². The Morgan fingerprint density at radius 3 is 2.07 bits per heavy atom. The van der Waals surface area contributed by atoms with Gasteiger partial charge in [0, 0.05) is 20.1 Å². The van der Waals surface area contributed by atoms with Crippen LogP contribution in [0.15, 0.2) is 0 Å². The predicted molar refractivity (Wildman–Crippen MR) is 61.2 cm³/mol. The average molecular weight is 239 g/mol. The molecule has 0 radical (unpaired) electrons. The van der Waals surface area contributed by atoms with Crippen LogP contribution in [-0.2, 0) is 10.2 Å². The van der Waals surface area contributed by atoms with Gasteiger partial charge < -0.3 is 5.73 Å². The molecule has 2 N–H and O–H groups in total. The Kier molecular flexibility index (Phi) is 4.93. The van der Waals surface area contributed by atoms with Gasteiger partial charge in [-0.2, -0.15) is 17.0 Å². The zero-order chi connectivity index (χ0) is 11.5. The Morgan fingerprint density at radius 2 is 1.86 bits per heavy atom. The van der Waals surface area contributed by atoms with Crippen molar-refractivity contribution in [2.24, 2.45) is 5.73 Å². The van der Waals surface area contributed by atoms with E-state index in [1.54, 1.807) is 13.8 Å². The van der Waals surface area contributed by atoms with Gasteiger partial charge in [-0.1, -0.05) is 12.2 Å². The van der Waals surface area contributed by atoms with Crippen molar-refractivity contribution in [2.75, 3.05) is 20.6 Å². The van der Waals surface area contributed by atoms with Crippen molar-refractivity contribution in [2.45, 2.75) is 19.9 Å². The molecule has 0 saturated heterocycles. The maximum atomic E-state index is 11.7. The minimum Gasteiger partial charge on any atom is -0.392 e. The van der Waals surface area contributed by atoms with Crippen molar-refractivity contribution < 1.29 is 8.42 Å². The van der Waals surface area contributed by atoms with Gasteiger partial charge in [0.05, 0.1) is 11.5 Å². The third-order valence-electron chi connectivity index (χ3n) is 1.65. The zero-order valence-corrected chi connectivity index (χ0v) is 10.5. The highest BCUT2D eigenvalue weighted by Crippen LogP contribution is 2.08. The van der Waals surface area contributed by atoms with Gasteiger partial charge in [0.1, 0.15) is 0 Å². The minimum atomic E-state index is -3.43. The molecule has 0 aromatic heterocycles. The van der Waals surface area contributed by atoms with E-state index in [4.69, 9.17) is 18.0 Å². The highest BCUT2D eigenvalue weighted by atomic mass is 32.2. The molecule has 0 atom stereocenters. The summed E-state index contributed by atoms with van der Waals surface area (Å²) in [7, 11) is -0.481. The Bertz CT molecular complexity index is 298. The summed E-state index contributed by atoms with van der Waals surface area (Å²) in [5.74, 6) is 0. The van der Waals surface area contributed by atoms with Gasteiger partial charge in [0.15, 0.2) is 0 Å². The molecule has 0 aromatic rings. The van der Waals surface area contributed by atoms with Crippen molar-refractivity contribution in [3.63, 3.8) is 0 Å². The van der Waals surface area contributed by atoms with Crippen LogP contribution in [0.25, 0.3) is 0 Å². The summed E-state index contributed by atoms with van der Waals surface area (Å²) in [5, 5.41) is 0. The Balaban J connectivity index is 4.93. The first-order valence-electron chi connectivity index (χ1n) is 4.17. The second-order valence-electron chi connectivity index (χ2n) is 3.40. The average Bonchev–Trinajstić information content (AvgIpc) is 1.98. The molecule has 84 valence electrons. The molecule has 0 rings (SSSR count). The lowest BCUT2D eigenvalue weighted by molar-refractivity contribution is 0.358. The van der Waals surface area contributed by atoms with E-state index in [1.165, 1.54) is 18.4 Å². The van der Waals surface area contributed by atoms with Crippen molar-refractivity contribution in [1.29, 1.82) is 0 Å². The molecule has 14 heavy (non-hydrogen) atoms. The lowest BCUT2D eigenvalue weighted by atomic mass is 10.4. The van der Waals surface area contributed by atoms with Crippen molar-refractivity contribution >= 4 is 27.4 Å². The first kappa shape index (κ1) is 13.8. The highest BCUT2D eigenvalue weighted by molar-refractivity contribution is 7.86. The Morgan fingerprint density at radius 1 is 1.43 bits per heavy atom. The molecule has 0 spiro atoms. The van der Waals surface area contributed by atoms with Crippen LogP contribution in [-0.4, -0.2) is 48.7 Å². The maximum Gasteiger partial charge on any atom is 0.282 e. The molecule has 7 heteroatoms. The van der Waals surface area contributed by atoms with Gasteiger partial charge in [-0.3, -0.25) is 0 Å². The van der Waals surface area contributed by atoms with Crippen LogP contribution in [0.1, 0.15) is 13.8 Å². The summed E-state index contributed by atoms with van der Waals surface area (Å²) in [6.07, 6.45) is 0. The molecule has 0 aliphatic rings. The fraction of sp³-hybridized carbons (Fsp3) is 0.857. The van der Waals surface area contributed by atoms with Gasteiger partial charge in [-0.25, -0.2) is 0 Å². The third kappa shape index (κ3) is 3.49. The van der Waals surface area contributed by atoms with Crippen LogP contribution < -0.4 is 5.73 Å². The lowest BCUT2D eigenvalue weighted by Gasteiger charge is -2.28. The Hall–Kier alpha value is -0.240. The number of nitrogens with zero attached hydrogens (tertiary/aromatic N) is 2. The molecule has 0 heterocycles. The predicted octanol–water partition coefficient (Wildman–Crippen LogP) is -0.211. The van der Waals surface area contributed by atoms with Gasteiger partial charge in [-0.15, -0.1) is 0 Å². The fourth-order valence-corrected chi connectivity index (χ4v) is 2.37. The van der Waals surface area contributed by atoms with Gasteiger partial charge in [0.2, 0.25) is 0 Å². The smallest absolute Gasteiger partial charge is 0.282 e. The van der Waals surface area contributed by atoms with E-state index in [2.05, 4.69) is 0 Å². The van der Waals surface area contributed by atoms with Crippen LogP contribution in [0.3, 0.4) is 0 Å². The van der Waals surface area contributed by atoms with Crippen molar-refractivity contribution in [3.8, 4) is 0 Å². The number of nitrogens with two attached hydrogens (primary N) is 1. The maximum absolute atomic E-state index is 11.7. The largest absolute Gasteiger partial charge is 0.392 e. The highest BCUT2D eigenvalue weighted by Gasteiger charge is 2.27. The van der Waals surface area contributed by atoms with E-state index in [0.717, 1.165) is 4.31 Å². The normalized spacial score (nSPS) is 12.8. The molecule has 0 amide bonds. The number of thiocarbonyl (C=S) groups is 1. The quantitative estimate of drug-likeness (QED) is 0.674. The summed E-state index contributed by atoms with van der Waals surface area (Å²) in [5.41, 5.74) is 5.33. The Labute approximate surface area is 91.0 Å². The molecule has 0 bridgehead atoms. The standard InChI is InChI=1S/C7H17N3O2S2/c1-6(2)10(5-7(8)13)14(11,12)9(3)4/h6H,5H2,1-4H3,(H2,8,13). The van der Waals surface area contributed by atoms with Gasteiger partial charge >= 0.3 is 0 Å². The fourth-order valence-electron chi connectivity index (χ4n) is 0.894. The van der Waals surface area contributed by atoms with Crippen LogP contribution in [0.4, 0.5) is 0 Å². The van der Waals surface area contributed by atoms with E-state index in [-0.39, 0.29) is 17.6 Å². The summed E-state index contributed by atoms with van der Waals surface area (Å²) >= 11 is 4.70. The van der Waals surface area contributed by atoms with Crippen LogP contribution >= 0.6 is 12.2 Å². The van der Waals surface area contributed by atoms with E-state index < -0.39 is 10.2 Å². The molecular formula is C7H17N3O2S2. The van der Waals surface area contributed by atoms with Crippen molar-refractivity contribution in [1.82, 2.24) is 8.61 Å². The molecule has 0 unspecified atom stereocenters. The van der Waals surface area contributed by atoms with E-state index in [9.17, 15) is 8.42 Å². The second-order valence-corrected chi connectivity index (χ2v) is 6.01. The first-order chi connectivity index (χ1) is 6.19. The molecule has 0 aromatic carbocycles. The third-order valence-corrected chi connectivity index (χ3v) is 3.84. The van der Waals surface area contributed by atoms with E-state index >= 15 is 0 Å². The molecule has 5 nitrogen and oxygen atoms in total. The van der Waals surface area contributed by atoms with Crippen LogP contribution in [0.2, 0.25) is 0 Å². The van der Waals surface area contributed by atoms with Crippen LogP contribution in [0.5, 0.6) is 0 Å². The van der Waals surface area contributed by atoms with E-state index in [1.807, 2.05) is 0 Å². The molecule has 0 fully saturated rings. The molecular weight excluding hydrogens is 222 g/mol. The summed E-state index contributed by atoms with van der Waals surface area (Å²) in [6.45, 7) is 3.63. The lowest BCUT2D eigenvalue weighted by Crippen LogP contribution is -2.47. The molecule has 0 saturated carbocycles. The number of hydrogen-bond acceptors (Lipinski definition) is 3. The number of hydrogen-bond donors (Lipinski definition) is 1. The topological polar surface area (TPSA) is 66.6 Å². The summed E-state index contributed by atoms with van der Waals surface area (Å²) in [6, 6.07) is -0.163. The monoisotopic (exact) mass is 239 g/mol. The minimum absolute atomic E-state index is 0.0769. The summed E-state index contributed by atoms with van der Waals surface area (Å²) in [4.78, 5) is 0.170. The number of rotatable bonds is 5. The van der Waals surface area contributed by atoms with Gasteiger partial charge in [0.25, 0.3) is 10.2 Å². The molecule has 0 aliphatic heterocycles. The second kappa shape index (κ2) is 5.01. The zero-order valence-electron chi connectivity index (χ0n) is 8.89. The summed E-state index contributed by atoms with van der Waals surface area (Å²) < 4.78 is 25.9. The van der Waals surface area contributed by atoms with Crippen LogP contribution in [0, 0.1) is 0 Å². The van der Waals surface area contributed by atoms with Crippen molar-refractivity contribution in [3.05, 3.63) is 0 Å². The first-order valence-corrected chi connectivity index (χ1v) is 5.97.